The molecule has 4 aromatic rings. The Kier molecular flexibility index (Phi) is 4.50. The van der Waals surface area contributed by atoms with Gasteiger partial charge < -0.3 is 10.4 Å². The van der Waals surface area contributed by atoms with E-state index in [1.54, 1.807) is 0 Å². The summed E-state index contributed by atoms with van der Waals surface area (Å²) < 4.78 is 1.85. The number of aromatic nitrogens is 2. The van der Waals surface area contributed by atoms with Crippen molar-refractivity contribution in [1.29, 1.82) is 0 Å². The Labute approximate surface area is 162 Å². The molecule has 28 heavy (non-hydrogen) atoms. The number of carbonyl (C=O) groups excluding carboxylic acids is 1. The van der Waals surface area contributed by atoms with E-state index >= 15 is 0 Å². The molecule has 0 saturated carbocycles. The molecule has 2 N–H and O–H groups in total. The van der Waals surface area contributed by atoms with Gasteiger partial charge in [-0.05, 0) is 6.07 Å². The summed E-state index contributed by atoms with van der Waals surface area (Å²) in [7, 11) is 0. The number of anilines is 1. The van der Waals surface area contributed by atoms with Crippen LogP contribution < -0.4 is 5.32 Å². The highest BCUT2D eigenvalue weighted by molar-refractivity contribution is 7.15. The normalized spacial score (nSPS) is 10.9. The lowest BCUT2D eigenvalue weighted by molar-refractivity contribution is -0.384. The van der Waals surface area contributed by atoms with Crippen molar-refractivity contribution < 1.29 is 14.8 Å². The number of fused-ring (bicyclic) bond motifs is 1. The van der Waals surface area contributed by atoms with Gasteiger partial charge in [0.15, 0.2) is 4.96 Å². The monoisotopic (exact) mass is 394 g/mol. The first-order chi connectivity index (χ1) is 13.5. The van der Waals surface area contributed by atoms with E-state index in [1.807, 2.05) is 46.3 Å². The van der Waals surface area contributed by atoms with Crippen molar-refractivity contribution in [2.24, 2.45) is 0 Å². The van der Waals surface area contributed by atoms with Crippen LogP contribution in [0.4, 0.5) is 11.4 Å². The van der Waals surface area contributed by atoms with Gasteiger partial charge in [-0.15, -0.1) is 11.3 Å². The number of hydrogen-bond donors (Lipinski definition) is 2. The first-order valence-electron chi connectivity index (χ1n) is 8.29. The van der Waals surface area contributed by atoms with E-state index in [0.29, 0.717) is 0 Å². The summed E-state index contributed by atoms with van der Waals surface area (Å²) >= 11 is 1.42. The van der Waals surface area contributed by atoms with Crippen LogP contribution >= 0.6 is 11.3 Å². The van der Waals surface area contributed by atoms with Gasteiger partial charge in [-0.25, -0.2) is 4.98 Å². The second-order valence-electron chi connectivity index (χ2n) is 6.06. The number of nitro benzene ring substituents is 1. The van der Waals surface area contributed by atoms with Crippen molar-refractivity contribution in [2.45, 2.75) is 6.42 Å². The molecule has 0 saturated heterocycles. The third kappa shape index (κ3) is 3.42. The van der Waals surface area contributed by atoms with E-state index in [0.717, 1.165) is 28.0 Å². The van der Waals surface area contributed by atoms with E-state index < -0.39 is 10.8 Å². The van der Waals surface area contributed by atoms with Gasteiger partial charge in [0.05, 0.1) is 22.7 Å². The van der Waals surface area contributed by atoms with Crippen molar-refractivity contribution in [3.63, 3.8) is 0 Å². The van der Waals surface area contributed by atoms with Crippen molar-refractivity contribution >= 4 is 33.6 Å². The molecular weight excluding hydrogens is 380 g/mol. The van der Waals surface area contributed by atoms with E-state index in [-0.39, 0.29) is 23.5 Å². The van der Waals surface area contributed by atoms with Crippen molar-refractivity contribution in [2.75, 3.05) is 5.32 Å². The minimum atomic E-state index is -0.589. The molecule has 9 heteroatoms. The number of benzene rings is 2. The van der Waals surface area contributed by atoms with Crippen LogP contribution in [0.1, 0.15) is 5.69 Å². The van der Waals surface area contributed by atoms with Crippen molar-refractivity contribution in [1.82, 2.24) is 9.38 Å². The molecule has 8 nitrogen and oxygen atoms in total. The molecule has 0 aliphatic heterocycles. The number of non-ortho nitro benzene ring substituents is 1. The van der Waals surface area contributed by atoms with Crippen LogP contribution in [0.3, 0.4) is 0 Å². The standard InChI is InChI=1S/C19H14N4O4S/c24-17-7-6-13(23(26)27)8-15(17)20-18(25)9-14-11-28-19-21-16(10-22(14)19)12-4-2-1-3-5-12/h1-8,10-11,24H,9H2,(H,20,25). The predicted molar refractivity (Wildman–Crippen MR) is 106 cm³/mol. The maximum absolute atomic E-state index is 12.4. The average Bonchev–Trinajstić information content (AvgIpc) is 3.26. The summed E-state index contributed by atoms with van der Waals surface area (Å²) in [5.74, 6) is -0.631. The number of phenols is 1. The number of imidazole rings is 1. The molecule has 0 unspecified atom stereocenters. The minimum Gasteiger partial charge on any atom is -0.506 e. The topological polar surface area (TPSA) is 110 Å². The van der Waals surface area contributed by atoms with E-state index in [4.69, 9.17) is 0 Å². The fourth-order valence-electron chi connectivity index (χ4n) is 2.80. The van der Waals surface area contributed by atoms with Gasteiger partial charge in [-0.1, -0.05) is 30.3 Å². The Morgan fingerprint density at radius 3 is 2.79 bits per heavy atom. The van der Waals surface area contributed by atoms with Crippen LogP contribution in [0, 0.1) is 10.1 Å². The van der Waals surface area contributed by atoms with Gasteiger partial charge >= 0.3 is 0 Å². The molecule has 0 atom stereocenters. The van der Waals surface area contributed by atoms with E-state index in [1.165, 1.54) is 23.5 Å². The third-order valence-electron chi connectivity index (χ3n) is 4.16. The predicted octanol–water partition coefficient (Wildman–Crippen LogP) is 3.86. The maximum atomic E-state index is 12.4. The Hall–Kier alpha value is -3.72. The lowest BCUT2D eigenvalue weighted by atomic mass is 10.2. The summed E-state index contributed by atoms with van der Waals surface area (Å²) in [5.41, 5.74) is 2.31. The number of nitrogens with one attached hydrogen (secondary N) is 1. The van der Waals surface area contributed by atoms with Crippen LogP contribution in [-0.2, 0) is 11.2 Å². The SMILES string of the molecule is O=C(Cc1csc2nc(-c3ccccc3)cn12)Nc1cc([N+](=O)[O-])ccc1O. The lowest BCUT2D eigenvalue weighted by Crippen LogP contribution is -2.15. The molecule has 2 aromatic heterocycles. The Bertz CT molecular complexity index is 1180. The summed E-state index contributed by atoms with van der Waals surface area (Å²) in [4.78, 5) is 28.0. The van der Waals surface area contributed by atoms with Crippen LogP contribution in [0.25, 0.3) is 16.2 Å². The minimum absolute atomic E-state index is 0.00118. The van der Waals surface area contributed by atoms with Crippen molar-refractivity contribution in [3.8, 4) is 17.0 Å². The molecule has 2 heterocycles. The molecule has 0 spiro atoms. The number of rotatable bonds is 5. The number of phenolic OH excluding ortho intramolecular Hbond substituents is 1. The van der Waals surface area contributed by atoms with Gasteiger partial charge in [0.25, 0.3) is 5.69 Å². The lowest BCUT2D eigenvalue weighted by Gasteiger charge is -2.07. The fraction of sp³-hybridized carbons (Fsp3) is 0.0526. The molecule has 140 valence electrons. The van der Waals surface area contributed by atoms with Gasteiger partial charge in [-0.3, -0.25) is 19.3 Å². The van der Waals surface area contributed by atoms with Gasteiger partial charge in [-0.2, -0.15) is 0 Å². The zero-order valence-electron chi connectivity index (χ0n) is 14.4. The van der Waals surface area contributed by atoms with Crippen LogP contribution in [0.2, 0.25) is 0 Å². The molecule has 0 aliphatic rings. The average molecular weight is 394 g/mol. The smallest absolute Gasteiger partial charge is 0.271 e. The van der Waals surface area contributed by atoms with Crippen LogP contribution in [0.5, 0.6) is 5.75 Å². The number of amides is 1. The number of thiazole rings is 1. The second kappa shape index (κ2) is 7.12. The Morgan fingerprint density at radius 1 is 1.25 bits per heavy atom. The number of aromatic hydroxyl groups is 1. The largest absolute Gasteiger partial charge is 0.506 e. The van der Waals surface area contributed by atoms with Gasteiger partial charge in [0, 0.05) is 35.0 Å². The maximum Gasteiger partial charge on any atom is 0.271 e. The van der Waals surface area contributed by atoms with Crippen molar-refractivity contribution in [3.05, 3.63) is 75.9 Å². The zero-order valence-corrected chi connectivity index (χ0v) is 15.2. The number of nitro groups is 1. The Morgan fingerprint density at radius 2 is 2.04 bits per heavy atom. The van der Waals surface area contributed by atoms with Crippen LogP contribution in [0.15, 0.2) is 60.1 Å². The highest BCUT2D eigenvalue weighted by atomic mass is 32.1. The first kappa shape index (κ1) is 17.7. The number of carbonyl (C=O) groups is 1. The fourth-order valence-corrected chi connectivity index (χ4v) is 3.67. The molecule has 0 aliphatic carbocycles. The molecule has 0 radical (unpaired) electrons. The van der Waals surface area contributed by atoms with Gasteiger partial charge in [0.1, 0.15) is 5.75 Å². The Balaban J connectivity index is 1.55. The molecule has 4 rings (SSSR count). The summed E-state index contributed by atoms with van der Waals surface area (Å²) in [6.45, 7) is 0. The second-order valence-corrected chi connectivity index (χ2v) is 6.89. The molecule has 1 amide bonds. The van der Waals surface area contributed by atoms with E-state index in [2.05, 4.69) is 10.3 Å². The first-order valence-corrected chi connectivity index (χ1v) is 9.17. The highest BCUT2D eigenvalue weighted by Crippen LogP contribution is 2.28. The quantitative estimate of drug-likeness (QED) is 0.303. The molecule has 0 fully saturated rings. The zero-order chi connectivity index (χ0) is 19.7. The molecular formula is C19H14N4O4S. The summed E-state index contributed by atoms with van der Waals surface area (Å²) in [6, 6.07) is 13.2. The number of nitrogens with zero attached hydrogens (tertiary/aromatic N) is 3. The van der Waals surface area contributed by atoms with E-state index in [9.17, 15) is 20.0 Å². The highest BCUT2D eigenvalue weighted by Gasteiger charge is 2.16. The summed E-state index contributed by atoms with van der Waals surface area (Å²) in [6.07, 6.45) is 1.90. The molecule has 0 bridgehead atoms. The van der Waals surface area contributed by atoms with Gasteiger partial charge in [0.2, 0.25) is 5.91 Å². The molecule has 2 aromatic carbocycles. The summed E-state index contributed by atoms with van der Waals surface area (Å²) in [5, 5.41) is 25.1. The number of hydrogen-bond acceptors (Lipinski definition) is 6. The third-order valence-corrected chi connectivity index (χ3v) is 5.05. The van der Waals surface area contributed by atoms with Crippen LogP contribution in [-0.4, -0.2) is 25.3 Å².